The van der Waals surface area contributed by atoms with Gasteiger partial charge in [0, 0.05) is 19.2 Å². The van der Waals surface area contributed by atoms with Crippen molar-refractivity contribution in [2.75, 3.05) is 0 Å². The summed E-state index contributed by atoms with van der Waals surface area (Å²) in [7, 11) is 0. The topological polar surface area (TPSA) is 38.0 Å². The summed E-state index contributed by atoms with van der Waals surface area (Å²) >= 11 is 0. The minimum Gasteiger partial charge on any atom is -0.390 e. The van der Waals surface area contributed by atoms with Gasteiger partial charge in [-0.2, -0.15) is 13.2 Å². The molecule has 0 saturated carbocycles. The van der Waals surface area contributed by atoms with Gasteiger partial charge in [-0.05, 0) is 6.42 Å². The van der Waals surface area contributed by atoms with E-state index in [4.69, 9.17) is 5.11 Å². The Kier molecular flexibility index (Phi) is 2.46. The molecule has 1 aromatic rings. The van der Waals surface area contributed by atoms with E-state index in [1.165, 1.54) is 10.8 Å². The van der Waals surface area contributed by atoms with Crippen molar-refractivity contribution < 1.29 is 18.3 Å². The Morgan fingerprint density at radius 3 is 2.87 bits per heavy atom. The molecule has 2 heterocycles. The summed E-state index contributed by atoms with van der Waals surface area (Å²) in [6, 6.07) is 0. The van der Waals surface area contributed by atoms with Crippen LogP contribution in [0.5, 0.6) is 0 Å². The predicted molar refractivity (Wildman–Crippen MR) is 46.0 cm³/mol. The molecule has 1 unspecified atom stereocenters. The number of fused-ring (bicyclic) bond motifs is 1. The average molecular weight is 220 g/mol. The minimum atomic E-state index is -4.14. The van der Waals surface area contributed by atoms with E-state index in [1.54, 1.807) is 0 Å². The Morgan fingerprint density at radius 1 is 1.53 bits per heavy atom. The van der Waals surface area contributed by atoms with Crippen molar-refractivity contribution in [2.24, 2.45) is 5.92 Å². The lowest BCUT2D eigenvalue weighted by Crippen LogP contribution is -2.31. The van der Waals surface area contributed by atoms with E-state index < -0.39 is 12.1 Å². The first-order chi connectivity index (χ1) is 7.00. The van der Waals surface area contributed by atoms with Crippen LogP contribution in [0.3, 0.4) is 0 Å². The summed E-state index contributed by atoms with van der Waals surface area (Å²) in [6.07, 6.45) is -2.23. The monoisotopic (exact) mass is 220 g/mol. The molecule has 1 atom stereocenters. The Labute approximate surface area is 84.5 Å². The zero-order chi connectivity index (χ0) is 11.1. The highest BCUT2D eigenvalue weighted by Gasteiger charge is 2.41. The number of hydrogen-bond acceptors (Lipinski definition) is 2. The normalized spacial score (nSPS) is 21.5. The van der Waals surface area contributed by atoms with Gasteiger partial charge in [-0.3, -0.25) is 0 Å². The fraction of sp³-hybridized carbons (Fsp3) is 0.667. The van der Waals surface area contributed by atoms with Gasteiger partial charge in [-0.25, -0.2) is 4.98 Å². The molecule has 1 aliphatic heterocycles. The van der Waals surface area contributed by atoms with Crippen LogP contribution in [0.1, 0.15) is 17.9 Å². The summed E-state index contributed by atoms with van der Waals surface area (Å²) < 4.78 is 38.8. The molecular weight excluding hydrogens is 209 g/mol. The molecule has 0 bridgehead atoms. The van der Waals surface area contributed by atoms with E-state index in [0.717, 1.165) is 0 Å². The Hall–Kier alpha value is -1.04. The fourth-order valence-electron chi connectivity index (χ4n) is 1.85. The first-order valence-electron chi connectivity index (χ1n) is 4.73. The second-order valence-electron chi connectivity index (χ2n) is 3.74. The lowest BCUT2D eigenvalue weighted by molar-refractivity contribution is -0.182. The zero-order valence-corrected chi connectivity index (χ0v) is 7.96. The molecule has 0 spiro atoms. The first kappa shape index (κ1) is 10.5. The molecule has 1 aliphatic rings. The first-order valence-corrected chi connectivity index (χ1v) is 4.73. The Balaban J connectivity index is 2.19. The van der Waals surface area contributed by atoms with Gasteiger partial charge < -0.3 is 9.67 Å². The van der Waals surface area contributed by atoms with Crippen LogP contribution in [-0.4, -0.2) is 20.8 Å². The molecule has 0 radical (unpaired) electrons. The maximum absolute atomic E-state index is 12.4. The van der Waals surface area contributed by atoms with Crippen LogP contribution < -0.4 is 0 Å². The van der Waals surface area contributed by atoms with Crippen molar-refractivity contribution in [1.29, 1.82) is 0 Å². The molecule has 15 heavy (non-hydrogen) atoms. The molecule has 0 aromatic carbocycles. The second-order valence-corrected chi connectivity index (χ2v) is 3.74. The number of halogens is 3. The lowest BCUT2D eigenvalue weighted by Gasteiger charge is -2.25. The quantitative estimate of drug-likeness (QED) is 0.778. The van der Waals surface area contributed by atoms with Crippen LogP contribution in [0.4, 0.5) is 13.2 Å². The molecule has 6 heteroatoms. The van der Waals surface area contributed by atoms with Crippen LogP contribution in [0, 0.1) is 5.92 Å². The van der Waals surface area contributed by atoms with E-state index in [1.807, 2.05) is 0 Å². The number of nitrogens with zero attached hydrogens (tertiary/aromatic N) is 2. The van der Waals surface area contributed by atoms with Crippen LogP contribution in [0.15, 0.2) is 6.20 Å². The van der Waals surface area contributed by atoms with Gasteiger partial charge in [0.1, 0.15) is 5.82 Å². The average Bonchev–Trinajstić information content (AvgIpc) is 2.57. The number of aliphatic hydroxyl groups excluding tert-OH is 1. The molecule has 0 saturated heterocycles. The van der Waals surface area contributed by atoms with Crippen molar-refractivity contribution in [3.63, 3.8) is 0 Å². The van der Waals surface area contributed by atoms with E-state index in [2.05, 4.69) is 4.98 Å². The SMILES string of the molecule is OCc1cn2c(n1)CCC(C(F)(F)F)C2. The lowest BCUT2D eigenvalue weighted by atomic mass is 9.99. The number of rotatable bonds is 1. The van der Waals surface area contributed by atoms with Crippen LogP contribution in [0.25, 0.3) is 0 Å². The third kappa shape index (κ3) is 1.99. The molecule has 0 fully saturated rings. The standard InChI is InChI=1S/C9H11F3N2O/c10-9(11,12)6-1-2-8-13-7(5-15)4-14(8)3-6/h4,6,15H,1-3,5H2. The number of alkyl halides is 3. The van der Waals surface area contributed by atoms with Gasteiger partial charge >= 0.3 is 6.18 Å². The van der Waals surface area contributed by atoms with Crippen molar-refractivity contribution in [3.8, 4) is 0 Å². The third-order valence-electron chi connectivity index (χ3n) is 2.67. The van der Waals surface area contributed by atoms with Crippen molar-refractivity contribution in [2.45, 2.75) is 32.2 Å². The number of imidazole rings is 1. The molecule has 0 amide bonds. The highest BCUT2D eigenvalue weighted by atomic mass is 19.4. The summed E-state index contributed by atoms with van der Waals surface area (Å²) in [5.41, 5.74) is 0.438. The summed E-state index contributed by atoms with van der Waals surface area (Å²) in [4.78, 5) is 4.03. The number of aryl methyl sites for hydroxylation is 1. The van der Waals surface area contributed by atoms with Crippen molar-refractivity contribution in [1.82, 2.24) is 9.55 Å². The number of aromatic nitrogens is 2. The summed E-state index contributed by atoms with van der Waals surface area (Å²) in [5.74, 6) is -0.648. The number of hydrogen-bond donors (Lipinski definition) is 1. The highest BCUT2D eigenvalue weighted by Crippen LogP contribution is 2.34. The minimum absolute atomic E-state index is 0.0775. The summed E-state index contributed by atoms with van der Waals surface area (Å²) in [6.45, 7) is -0.303. The van der Waals surface area contributed by atoms with Gasteiger partial charge in [0.15, 0.2) is 0 Å². The maximum Gasteiger partial charge on any atom is 0.393 e. The highest BCUT2D eigenvalue weighted by molar-refractivity contribution is 5.06. The van der Waals surface area contributed by atoms with E-state index >= 15 is 0 Å². The molecule has 1 aromatic heterocycles. The van der Waals surface area contributed by atoms with Crippen LogP contribution in [-0.2, 0) is 19.6 Å². The molecule has 3 nitrogen and oxygen atoms in total. The van der Waals surface area contributed by atoms with Gasteiger partial charge in [0.05, 0.1) is 18.2 Å². The van der Waals surface area contributed by atoms with Crippen molar-refractivity contribution >= 4 is 0 Å². The van der Waals surface area contributed by atoms with Gasteiger partial charge in [-0.1, -0.05) is 0 Å². The van der Waals surface area contributed by atoms with E-state index in [-0.39, 0.29) is 19.6 Å². The van der Waals surface area contributed by atoms with Crippen molar-refractivity contribution in [3.05, 3.63) is 17.7 Å². The summed E-state index contributed by atoms with van der Waals surface area (Å²) in [5, 5.41) is 8.81. The van der Waals surface area contributed by atoms with Crippen LogP contribution >= 0.6 is 0 Å². The second kappa shape index (κ2) is 3.52. The zero-order valence-electron chi connectivity index (χ0n) is 7.96. The third-order valence-corrected chi connectivity index (χ3v) is 2.67. The van der Waals surface area contributed by atoms with Gasteiger partial charge in [0.25, 0.3) is 0 Å². The van der Waals surface area contributed by atoms with E-state index in [9.17, 15) is 13.2 Å². The van der Waals surface area contributed by atoms with Gasteiger partial charge in [-0.15, -0.1) is 0 Å². The molecule has 84 valence electrons. The molecule has 0 aliphatic carbocycles. The largest absolute Gasteiger partial charge is 0.393 e. The fourth-order valence-corrected chi connectivity index (χ4v) is 1.85. The number of aliphatic hydroxyl groups is 1. The molecule has 1 N–H and O–H groups in total. The smallest absolute Gasteiger partial charge is 0.390 e. The van der Waals surface area contributed by atoms with Gasteiger partial charge in [0.2, 0.25) is 0 Å². The van der Waals surface area contributed by atoms with Crippen LogP contribution in [0.2, 0.25) is 0 Å². The molecular formula is C9H11F3N2O. The Morgan fingerprint density at radius 2 is 2.27 bits per heavy atom. The predicted octanol–water partition coefficient (Wildman–Crippen LogP) is 1.50. The maximum atomic E-state index is 12.4. The van der Waals surface area contributed by atoms with E-state index in [0.29, 0.717) is 17.9 Å². The molecule has 2 rings (SSSR count). The Bertz CT molecular complexity index is 359.